The van der Waals surface area contributed by atoms with Crippen LogP contribution in [0.4, 0.5) is 4.79 Å². The van der Waals surface area contributed by atoms with Crippen LogP contribution in [-0.4, -0.2) is 48.3 Å². The van der Waals surface area contributed by atoms with E-state index >= 15 is 0 Å². The largest absolute Gasteiger partial charge is 0.379 e. The average Bonchev–Trinajstić information content (AvgIpc) is 3.07. The molecule has 1 aromatic carbocycles. The topological polar surface area (TPSA) is 58.5 Å². The number of aryl methyl sites for hydroxylation is 1. The molecule has 0 bridgehead atoms. The van der Waals surface area contributed by atoms with Gasteiger partial charge < -0.3 is 19.9 Å². The Morgan fingerprint density at radius 1 is 1.16 bits per heavy atom. The van der Waals surface area contributed by atoms with Gasteiger partial charge in [-0.05, 0) is 17.2 Å². The first kappa shape index (κ1) is 17.5. The van der Waals surface area contributed by atoms with E-state index in [2.05, 4.69) is 27.7 Å². The average molecular weight is 342 g/mol. The van der Waals surface area contributed by atoms with Crippen LogP contribution in [0.5, 0.6) is 0 Å². The molecular weight excluding hydrogens is 316 g/mol. The zero-order chi connectivity index (χ0) is 17.5. The maximum Gasteiger partial charge on any atom is 0.315 e. The monoisotopic (exact) mass is 342 g/mol. The summed E-state index contributed by atoms with van der Waals surface area (Å²) in [4.78, 5) is 14.5. The molecule has 0 spiro atoms. The lowest BCUT2D eigenvalue weighted by atomic mass is 10.0. The molecule has 2 aromatic rings. The molecule has 1 aliphatic heterocycles. The summed E-state index contributed by atoms with van der Waals surface area (Å²) in [6, 6.07) is 12.3. The Bertz CT molecular complexity index is 665. The molecule has 1 aromatic heterocycles. The smallest absolute Gasteiger partial charge is 0.315 e. The normalized spacial score (nSPS) is 16.4. The fraction of sp³-hybridized carbons (Fsp3) is 0.421. The number of carbonyl (C=O) groups excluding carboxylic acids is 1. The number of hydrogen-bond acceptors (Lipinski definition) is 3. The summed E-state index contributed by atoms with van der Waals surface area (Å²) < 4.78 is 7.43. The number of urea groups is 1. The van der Waals surface area contributed by atoms with Crippen LogP contribution >= 0.6 is 0 Å². The van der Waals surface area contributed by atoms with Crippen LogP contribution in [0.1, 0.15) is 17.2 Å². The molecule has 6 heteroatoms. The molecule has 0 saturated carbocycles. The number of aromatic nitrogens is 1. The first-order valence-corrected chi connectivity index (χ1v) is 8.71. The van der Waals surface area contributed by atoms with E-state index < -0.39 is 0 Å². The third kappa shape index (κ3) is 5.08. The van der Waals surface area contributed by atoms with Gasteiger partial charge >= 0.3 is 6.03 Å². The van der Waals surface area contributed by atoms with Crippen molar-refractivity contribution in [3.05, 3.63) is 59.9 Å². The Labute approximate surface area is 148 Å². The SMILES string of the molecule is Cn1ccc(CNC(=O)NC[C@H](c2ccccc2)N2CCOCC2)c1. The molecule has 0 unspecified atom stereocenters. The molecule has 6 nitrogen and oxygen atoms in total. The highest BCUT2D eigenvalue weighted by Gasteiger charge is 2.22. The first-order valence-electron chi connectivity index (χ1n) is 8.71. The lowest BCUT2D eigenvalue weighted by Crippen LogP contribution is -2.45. The standard InChI is InChI=1S/C19H26N4O2/c1-22-8-7-16(15-22)13-20-19(24)21-14-18(17-5-3-2-4-6-17)23-9-11-25-12-10-23/h2-8,15,18H,9-14H2,1H3,(H2,20,21,24)/t18-/m1/s1. The van der Waals surface area contributed by atoms with Crippen LogP contribution in [0, 0.1) is 0 Å². The van der Waals surface area contributed by atoms with Gasteiger partial charge in [0.15, 0.2) is 0 Å². The van der Waals surface area contributed by atoms with E-state index in [1.807, 2.05) is 48.3 Å². The minimum absolute atomic E-state index is 0.141. The van der Waals surface area contributed by atoms with Crippen LogP contribution in [0.15, 0.2) is 48.8 Å². The minimum Gasteiger partial charge on any atom is -0.379 e. The van der Waals surface area contributed by atoms with Crippen LogP contribution in [-0.2, 0) is 18.3 Å². The van der Waals surface area contributed by atoms with Crippen molar-refractivity contribution in [2.75, 3.05) is 32.8 Å². The lowest BCUT2D eigenvalue weighted by Gasteiger charge is -2.34. The summed E-state index contributed by atoms with van der Waals surface area (Å²) in [6.45, 7) is 4.34. The second-order valence-corrected chi connectivity index (χ2v) is 6.32. The van der Waals surface area contributed by atoms with Gasteiger partial charge in [-0.25, -0.2) is 4.79 Å². The molecule has 0 radical (unpaired) electrons. The Morgan fingerprint density at radius 3 is 2.60 bits per heavy atom. The highest BCUT2D eigenvalue weighted by atomic mass is 16.5. The maximum absolute atomic E-state index is 12.2. The predicted octanol–water partition coefficient (Wildman–Crippen LogP) is 1.90. The molecule has 1 fully saturated rings. The third-order valence-corrected chi connectivity index (χ3v) is 4.47. The van der Waals surface area contributed by atoms with Gasteiger partial charge in [-0.15, -0.1) is 0 Å². The number of benzene rings is 1. The highest BCUT2D eigenvalue weighted by Crippen LogP contribution is 2.20. The van der Waals surface area contributed by atoms with Gasteiger partial charge in [0.05, 0.1) is 19.3 Å². The van der Waals surface area contributed by atoms with Crippen molar-refractivity contribution in [2.24, 2.45) is 7.05 Å². The van der Waals surface area contributed by atoms with Gasteiger partial charge in [-0.2, -0.15) is 0 Å². The predicted molar refractivity (Wildman–Crippen MR) is 97.2 cm³/mol. The van der Waals surface area contributed by atoms with Crippen molar-refractivity contribution in [3.63, 3.8) is 0 Å². The van der Waals surface area contributed by atoms with E-state index in [1.165, 1.54) is 5.56 Å². The molecule has 0 aliphatic carbocycles. The van der Waals surface area contributed by atoms with Gasteiger partial charge in [0.2, 0.25) is 0 Å². The molecule has 2 heterocycles. The highest BCUT2D eigenvalue weighted by molar-refractivity contribution is 5.73. The van der Waals surface area contributed by atoms with Crippen LogP contribution in [0.2, 0.25) is 0 Å². The first-order chi connectivity index (χ1) is 12.2. The number of rotatable bonds is 6. The summed E-state index contributed by atoms with van der Waals surface area (Å²) in [5.41, 5.74) is 2.30. The molecular formula is C19H26N4O2. The van der Waals surface area contributed by atoms with Gasteiger partial charge in [-0.3, -0.25) is 4.90 Å². The Hall–Kier alpha value is -2.31. The van der Waals surface area contributed by atoms with E-state index in [4.69, 9.17) is 4.74 Å². The molecule has 2 amide bonds. The molecule has 134 valence electrons. The van der Waals surface area contributed by atoms with E-state index in [-0.39, 0.29) is 12.1 Å². The minimum atomic E-state index is -0.141. The van der Waals surface area contributed by atoms with E-state index in [1.54, 1.807) is 0 Å². The number of amides is 2. The Balaban J connectivity index is 1.55. The summed E-state index contributed by atoms with van der Waals surface area (Å²) >= 11 is 0. The second-order valence-electron chi connectivity index (χ2n) is 6.32. The van der Waals surface area contributed by atoms with Crippen molar-refractivity contribution in [3.8, 4) is 0 Å². The Kier molecular flexibility index (Phi) is 6.09. The fourth-order valence-electron chi connectivity index (χ4n) is 3.12. The van der Waals surface area contributed by atoms with Crippen molar-refractivity contribution in [2.45, 2.75) is 12.6 Å². The van der Waals surface area contributed by atoms with E-state index in [0.29, 0.717) is 13.1 Å². The number of nitrogens with zero attached hydrogens (tertiary/aromatic N) is 2. The molecule has 1 saturated heterocycles. The maximum atomic E-state index is 12.2. The summed E-state index contributed by atoms with van der Waals surface area (Å²) in [6.07, 6.45) is 3.97. The number of ether oxygens (including phenoxy) is 1. The Morgan fingerprint density at radius 2 is 1.92 bits per heavy atom. The molecule has 2 N–H and O–H groups in total. The van der Waals surface area contributed by atoms with Crippen molar-refractivity contribution >= 4 is 6.03 Å². The zero-order valence-electron chi connectivity index (χ0n) is 14.6. The fourth-order valence-corrected chi connectivity index (χ4v) is 3.12. The van der Waals surface area contributed by atoms with E-state index in [0.717, 1.165) is 31.9 Å². The van der Waals surface area contributed by atoms with Crippen molar-refractivity contribution in [1.82, 2.24) is 20.1 Å². The zero-order valence-corrected chi connectivity index (χ0v) is 14.6. The molecule has 3 rings (SSSR count). The number of nitrogens with one attached hydrogen (secondary N) is 2. The number of hydrogen-bond donors (Lipinski definition) is 2. The van der Waals surface area contributed by atoms with Gasteiger partial charge in [0.1, 0.15) is 0 Å². The second kappa shape index (κ2) is 8.69. The lowest BCUT2D eigenvalue weighted by molar-refractivity contribution is 0.0167. The van der Waals surface area contributed by atoms with Crippen molar-refractivity contribution in [1.29, 1.82) is 0 Å². The van der Waals surface area contributed by atoms with Crippen LogP contribution < -0.4 is 10.6 Å². The van der Waals surface area contributed by atoms with Crippen molar-refractivity contribution < 1.29 is 9.53 Å². The number of morpholine rings is 1. The quantitative estimate of drug-likeness (QED) is 0.843. The van der Waals surface area contributed by atoms with Gasteiger partial charge in [0, 0.05) is 45.6 Å². The molecule has 1 atom stereocenters. The summed E-state index contributed by atoms with van der Waals surface area (Å²) in [7, 11) is 1.97. The van der Waals surface area contributed by atoms with E-state index in [9.17, 15) is 4.79 Å². The summed E-state index contributed by atoms with van der Waals surface area (Å²) in [5, 5.41) is 5.93. The molecule has 1 aliphatic rings. The van der Waals surface area contributed by atoms with Gasteiger partial charge in [0.25, 0.3) is 0 Å². The summed E-state index contributed by atoms with van der Waals surface area (Å²) in [5.74, 6) is 0. The van der Waals surface area contributed by atoms with Crippen LogP contribution in [0.3, 0.4) is 0 Å². The number of carbonyl (C=O) groups is 1. The van der Waals surface area contributed by atoms with Crippen LogP contribution in [0.25, 0.3) is 0 Å². The third-order valence-electron chi connectivity index (χ3n) is 4.47. The molecule has 25 heavy (non-hydrogen) atoms. The van der Waals surface area contributed by atoms with Gasteiger partial charge in [-0.1, -0.05) is 30.3 Å².